The van der Waals surface area contributed by atoms with Gasteiger partial charge in [-0.05, 0) is 51.1 Å². The summed E-state index contributed by atoms with van der Waals surface area (Å²) in [6.07, 6.45) is 5.27. The third-order valence-corrected chi connectivity index (χ3v) is 4.89. The van der Waals surface area contributed by atoms with E-state index >= 15 is 0 Å². The fraction of sp³-hybridized carbons (Fsp3) is 0.588. The zero-order chi connectivity index (χ0) is 14.0. The Morgan fingerprint density at radius 3 is 2.57 bits per heavy atom. The molecule has 1 aromatic carbocycles. The summed E-state index contributed by atoms with van der Waals surface area (Å²) >= 11 is 0. The number of hydrogen-bond donors (Lipinski definition) is 2. The Kier molecular flexibility index (Phi) is 5.28. The summed E-state index contributed by atoms with van der Waals surface area (Å²) in [5, 5.41) is 6.78. The van der Waals surface area contributed by atoms with E-state index in [-0.39, 0.29) is 29.8 Å². The first kappa shape index (κ1) is 16.3. The maximum absolute atomic E-state index is 12.6. The number of amides is 1. The molecule has 4 heteroatoms. The van der Waals surface area contributed by atoms with E-state index in [1.165, 1.54) is 12.0 Å². The van der Waals surface area contributed by atoms with Crippen LogP contribution in [-0.4, -0.2) is 18.5 Å². The van der Waals surface area contributed by atoms with Crippen molar-refractivity contribution in [2.45, 2.75) is 50.6 Å². The van der Waals surface area contributed by atoms with Crippen molar-refractivity contribution in [1.82, 2.24) is 10.6 Å². The first-order valence-corrected chi connectivity index (χ1v) is 7.80. The van der Waals surface area contributed by atoms with Crippen LogP contribution in [0.5, 0.6) is 0 Å². The SMILES string of the molecule is C[C@H]1C[C@@H](C(=O)NC2(c3ccccc3)CCC2)CCN1.Cl. The Hall–Kier alpha value is -1.06. The Morgan fingerprint density at radius 1 is 1.29 bits per heavy atom. The largest absolute Gasteiger partial charge is 0.346 e. The van der Waals surface area contributed by atoms with Crippen molar-refractivity contribution in [3.8, 4) is 0 Å². The molecule has 1 saturated carbocycles. The number of rotatable bonds is 3. The van der Waals surface area contributed by atoms with Gasteiger partial charge in [0, 0.05) is 12.0 Å². The molecule has 0 aromatic heterocycles. The number of halogens is 1. The maximum Gasteiger partial charge on any atom is 0.223 e. The summed E-state index contributed by atoms with van der Waals surface area (Å²) in [5.74, 6) is 0.425. The van der Waals surface area contributed by atoms with Crippen LogP contribution in [0.4, 0.5) is 0 Å². The van der Waals surface area contributed by atoms with Gasteiger partial charge in [0.1, 0.15) is 0 Å². The molecule has 2 N–H and O–H groups in total. The lowest BCUT2D eigenvalue weighted by Gasteiger charge is -2.44. The second kappa shape index (κ2) is 6.80. The number of carbonyl (C=O) groups is 1. The Balaban J connectivity index is 0.00000161. The van der Waals surface area contributed by atoms with E-state index in [1.807, 2.05) is 6.07 Å². The number of carbonyl (C=O) groups excluding carboxylic acids is 1. The lowest BCUT2D eigenvalue weighted by molar-refractivity contribution is -0.129. The highest BCUT2D eigenvalue weighted by atomic mass is 35.5. The second-order valence-electron chi connectivity index (χ2n) is 6.37. The Bertz CT molecular complexity index is 473. The van der Waals surface area contributed by atoms with E-state index in [1.54, 1.807) is 0 Å². The minimum absolute atomic E-state index is 0. The molecule has 3 nitrogen and oxygen atoms in total. The summed E-state index contributed by atoms with van der Waals surface area (Å²) < 4.78 is 0. The molecular weight excluding hydrogens is 284 g/mol. The van der Waals surface area contributed by atoms with Gasteiger partial charge < -0.3 is 10.6 Å². The van der Waals surface area contributed by atoms with Crippen molar-refractivity contribution in [3.05, 3.63) is 35.9 Å². The van der Waals surface area contributed by atoms with Gasteiger partial charge in [-0.15, -0.1) is 12.4 Å². The minimum atomic E-state index is -0.0908. The summed E-state index contributed by atoms with van der Waals surface area (Å²) in [7, 11) is 0. The molecule has 3 rings (SSSR count). The molecule has 116 valence electrons. The van der Waals surface area contributed by atoms with Crippen LogP contribution in [-0.2, 0) is 10.3 Å². The third-order valence-electron chi connectivity index (χ3n) is 4.89. The van der Waals surface area contributed by atoms with Crippen LogP contribution in [0.15, 0.2) is 30.3 Å². The molecule has 1 aliphatic carbocycles. The van der Waals surface area contributed by atoms with E-state index in [0.717, 1.165) is 32.2 Å². The average molecular weight is 309 g/mol. The zero-order valence-corrected chi connectivity index (χ0v) is 13.4. The fourth-order valence-corrected chi connectivity index (χ4v) is 3.48. The van der Waals surface area contributed by atoms with Gasteiger partial charge in [-0.2, -0.15) is 0 Å². The summed E-state index contributed by atoms with van der Waals surface area (Å²) in [4.78, 5) is 12.6. The number of nitrogens with one attached hydrogen (secondary N) is 2. The molecule has 1 amide bonds. The maximum atomic E-state index is 12.6. The molecule has 1 aliphatic heterocycles. The molecule has 2 aliphatic rings. The number of benzene rings is 1. The molecule has 0 radical (unpaired) electrons. The molecule has 2 atom stereocenters. The molecule has 1 saturated heterocycles. The monoisotopic (exact) mass is 308 g/mol. The predicted molar refractivity (Wildman–Crippen MR) is 87.6 cm³/mol. The highest BCUT2D eigenvalue weighted by molar-refractivity contribution is 5.85. The quantitative estimate of drug-likeness (QED) is 0.901. The first-order chi connectivity index (χ1) is 9.70. The van der Waals surface area contributed by atoms with Crippen LogP contribution >= 0.6 is 12.4 Å². The summed E-state index contributed by atoms with van der Waals surface area (Å²) in [5.41, 5.74) is 1.17. The lowest BCUT2D eigenvalue weighted by Crippen LogP contribution is -2.54. The van der Waals surface area contributed by atoms with Gasteiger partial charge in [-0.25, -0.2) is 0 Å². The van der Waals surface area contributed by atoms with Crippen molar-refractivity contribution >= 4 is 18.3 Å². The highest BCUT2D eigenvalue weighted by Crippen LogP contribution is 2.41. The van der Waals surface area contributed by atoms with Crippen LogP contribution in [0.3, 0.4) is 0 Å². The minimum Gasteiger partial charge on any atom is -0.346 e. The Labute approximate surface area is 133 Å². The van der Waals surface area contributed by atoms with Gasteiger partial charge in [-0.1, -0.05) is 30.3 Å². The normalized spacial score (nSPS) is 27.1. The van der Waals surface area contributed by atoms with E-state index in [2.05, 4.69) is 41.8 Å². The van der Waals surface area contributed by atoms with Crippen LogP contribution in [0.2, 0.25) is 0 Å². The fourth-order valence-electron chi connectivity index (χ4n) is 3.48. The lowest BCUT2D eigenvalue weighted by atomic mass is 9.71. The second-order valence-corrected chi connectivity index (χ2v) is 6.37. The molecule has 1 heterocycles. The third kappa shape index (κ3) is 3.41. The molecular formula is C17H25ClN2O. The van der Waals surface area contributed by atoms with Crippen molar-refractivity contribution in [3.63, 3.8) is 0 Å². The van der Waals surface area contributed by atoms with Crippen molar-refractivity contribution in [1.29, 1.82) is 0 Å². The van der Waals surface area contributed by atoms with Crippen LogP contribution in [0.25, 0.3) is 0 Å². The standard InChI is InChI=1S/C17H24N2O.ClH/c1-13-12-14(8-11-18-13)16(20)19-17(9-5-10-17)15-6-3-2-4-7-15;/h2-4,6-7,13-14,18H,5,8-12H2,1H3,(H,19,20);1H/t13-,14-;/m0./s1. The predicted octanol–water partition coefficient (Wildman–Crippen LogP) is 2.99. The van der Waals surface area contributed by atoms with Crippen molar-refractivity contribution < 1.29 is 4.79 Å². The molecule has 0 bridgehead atoms. The number of hydrogen-bond acceptors (Lipinski definition) is 2. The number of piperidine rings is 1. The van der Waals surface area contributed by atoms with E-state index in [4.69, 9.17) is 0 Å². The van der Waals surface area contributed by atoms with Gasteiger partial charge in [0.2, 0.25) is 5.91 Å². The van der Waals surface area contributed by atoms with Crippen LogP contribution in [0, 0.1) is 5.92 Å². The van der Waals surface area contributed by atoms with Gasteiger partial charge in [0.05, 0.1) is 5.54 Å². The van der Waals surface area contributed by atoms with E-state index in [9.17, 15) is 4.79 Å². The molecule has 0 unspecified atom stereocenters. The Morgan fingerprint density at radius 2 is 2.00 bits per heavy atom. The van der Waals surface area contributed by atoms with Crippen LogP contribution in [0.1, 0.15) is 44.6 Å². The molecule has 1 aromatic rings. The average Bonchev–Trinajstić information content (AvgIpc) is 2.43. The van der Waals surface area contributed by atoms with Gasteiger partial charge in [0.25, 0.3) is 0 Å². The van der Waals surface area contributed by atoms with Crippen LogP contribution < -0.4 is 10.6 Å². The molecule has 2 fully saturated rings. The van der Waals surface area contributed by atoms with E-state index in [0.29, 0.717) is 6.04 Å². The topological polar surface area (TPSA) is 41.1 Å². The van der Waals surface area contributed by atoms with Gasteiger partial charge in [-0.3, -0.25) is 4.79 Å². The first-order valence-electron chi connectivity index (χ1n) is 7.80. The summed E-state index contributed by atoms with van der Waals surface area (Å²) in [6.45, 7) is 3.12. The summed E-state index contributed by atoms with van der Waals surface area (Å²) in [6, 6.07) is 10.9. The molecule has 0 spiro atoms. The van der Waals surface area contributed by atoms with Crippen molar-refractivity contribution in [2.75, 3.05) is 6.54 Å². The van der Waals surface area contributed by atoms with Gasteiger partial charge >= 0.3 is 0 Å². The highest BCUT2D eigenvalue weighted by Gasteiger charge is 2.41. The molecule has 21 heavy (non-hydrogen) atoms. The van der Waals surface area contributed by atoms with Crippen molar-refractivity contribution in [2.24, 2.45) is 5.92 Å². The zero-order valence-electron chi connectivity index (χ0n) is 12.6. The van der Waals surface area contributed by atoms with E-state index < -0.39 is 0 Å². The van der Waals surface area contributed by atoms with Gasteiger partial charge in [0.15, 0.2) is 0 Å². The smallest absolute Gasteiger partial charge is 0.223 e.